The van der Waals surface area contributed by atoms with Gasteiger partial charge >= 0.3 is 11.9 Å². The Kier molecular flexibility index (Phi) is 4.54. The van der Waals surface area contributed by atoms with Gasteiger partial charge in [-0.1, -0.05) is 31.7 Å². The van der Waals surface area contributed by atoms with Gasteiger partial charge in [0.15, 0.2) is 0 Å². The lowest BCUT2D eigenvalue weighted by Crippen LogP contribution is -2.16. The summed E-state index contributed by atoms with van der Waals surface area (Å²) in [6, 6.07) is 5.29. The molecule has 5 heteroatoms. The van der Waals surface area contributed by atoms with E-state index in [9.17, 15) is 9.59 Å². The molecule has 0 aliphatic heterocycles. The van der Waals surface area contributed by atoms with Gasteiger partial charge in [0.25, 0.3) is 0 Å². The molecule has 0 spiro atoms. The van der Waals surface area contributed by atoms with Crippen LogP contribution in [0, 0.1) is 5.92 Å². The number of carbonyl (C=O) groups is 2. The molecule has 2 aliphatic rings. The summed E-state index contributed by atoms with van der Waals surface area (Å²) in [6.45, 7) is 11.0. The number of benzene rings is 2. The third-order valence-electron chi connectivity index (χ3n) is 5.82. The molecule has 2 aromatic carbocycles. The fourth-order valence-corrected chi connectivity index (χ4v) is 4.81. The van der Waals surface area contributed by atoms with Gasteiger partial charge in [-0.3, -0.25) is 0 Å². The van der Waals surface area contributed by atoms with Crippen molar-refractivity contribution < 1.29 is 19.1 Å². The highest BCUT2D eigenvalue weighted by Gasteiger charge is 2.47. The van der Waals surface area contributed by atoms with Gasteiger partial charge < -0.3 is 9.47 Å². The number of esters is 2. The van der Waals surface area contributed by atoms with E-state index in [0.717, 1.165) is 30.0 Å². The standard InChI is InChI=1S/C23H21ClO4/c1-5-18(25)27-22-17-10-14(24)6-7-15(17)21(28-23(26)11(2)3)19-13-8-12(4)16(9-13)20(19)22/h5-7,10,12-13,16H,1-2,8-9H2,3-4H3. The second-order valence-electron chi connectivity index (χ2n) is 7.72. The Morgan fingerprint density at radius 3 is 2.54 bits per heavy atom. The number of rotatable bonds is 4. The first-order chi connectivity index (χ1) is 13.3. The van der Waals surface area contributed by atoms with E-state index in [1.54, 1.807) is 25.1 Å². The molecule has 0 saturated heterocycles. The average molecular weight is 397 g/mol. The molecular weight excluding hydrogens is 376 g/mol. The van der Waals surface area contributed by atoms with Crippen molar-refractivity contribution in [3.05, 3.63) is 59.2 Å². The number of hydrogen-bond donors (Lipinski definition) is 0. The second kappa shape index (κ2) is 6.78. The first-order valence-electron chi connectivity index (χ1n) is 9.32. The van der Waals surface area contributed by atoms with Gasteiger partial charge in [0.1, 0.15) is 11.5 Å². The molecule has 2 aromatic rings. The van der Waals surface area contributed by atoms with Gasteiger partial charge in [0, 0.05) is 38.6 Å². The van der Waals surface area contributed by atoms with Crippen LogP contribution in [0.2, 0.25) is 5.02 Å². The van der Waals surface area contributed by atoms with Crippen molar-refractivity contribution in [2.75, 3.05) is 0 Å². The Hall–Kier alpha value is -2.59. The summed E-state index contributed by atoms with van der Waals surface area (Å²) in [5.74, 6) is 1.03. The Bertz CT molecular complexity index is 1050. The van der Waals surface area contributed by atoms with Gasteiger partial charge in [0.05, 0.1) is 0 Å². The van der Waals surface area contributed by atoms with Crippen LogP contribution in [0.15, 0.2) is 43.0 Å². The van der Waals surface area contributed by atoms with Crippen molar-refractivity contribution in [1.29, 1.82) is 0 Å². The molecule has 144 valence electrons. The quantitative estimate of drug-likeness (QED) is 0.379. The Morgan fingerprint density at radius 1 is 1.14 bits per heavy atom. The zero-order valence-electron chi connectivity index (χ0n) is 15.9. The Labute approximate surface area is 168 Å². The highest BCUT2D eigenvalue weighted by Crippen LogP contribution is 2.63. The molecule has 2 bridgehead atoms. The number of ether oxygens (including phenoxy) is 2. The molecule has 3 unspecified atom stereocenters. The first-order valence-corrected chi connectivity index (χ1v) is 9.70. The maximum atomic E-state index is 12.4. The summed E-state index contributed by atoms with van der Waals surface area (Å²) >= 11 is 6.25. The van der Waals surface area contributed by atoms with Gasteiger partial charge in [-0.15, -0.1) is 0 Å². The lowest BCUT2D eigenvalue weighted by molar-refractivity contribution is -0.130. The monoisotopic (exact) mass is 396 g/mol. The van der Waals surface area contributed by atoms with Crippen LogP contribution in [0.4, 0.5) is 0 Å². The van der Waals surface area contributed by atoms with E-state index < -0.39 is 11.9 Å². The van der Waals surface area contributed by atoms with Crippen LogP contribution < -0.4 is 9.47 Å². The van der Waals surface area contributed by atoms with E-state index in [4.69, 9.17) is 21.1 Å². The maximum absolute atomic E-state index is 12.4. The molecule has 0 heterocycles. The maximum Gasteiger partial charge on any atom is 0.338 e. The number of halogens is 1. The van der Waals surface area contributed by atoms with Crippen molar-refractivity contribution in [2.24, 2.45) is 5.92 Å². The van der Waals surface area contributed by atoms with E-state index in [-0.39, 0.29) is 11.8 Å². The summed E-state index contributed by atoms with van der Waals surface area (Å²) in [5.41, 5.74) is 2.26. The fourth-order valence-electron chi connectivity index (χ4n) is 4.64. The molecule has 1 fully saturated rings. The molecule has 4 rings (SSSR count). The summed E-state index contributed by atoms with van der Waals surface area (Å²) in [6.07, 6.45) is 3.12. The normalized spacial score (nSPS) is 22.0. The molecular formula is C23H21ClO4. The van der Waals surface area contributed by atoms with Gasteiger partial charge in [-0.2, -0.15) is 0 Å². The number of carbonyl (C=O) groups excluding carboxylic acids is 2. The number of fused-ring (bicyclic) bond motifs is 6. The van der Waals surface area contributed by atoms with Crippen molar-refractivity contribution in [1.82, 2.24) is 0 Å². The van der Waals surface area contributed by atoms with Gasteiger partial charge in [-0.05, 0) is 55.7 Å². The minimum absolute atomic E-state index is 0.248. The predicted molar refractivity (Wildman–Crippen MR) is 109 cm³/mol. The minimum atomic E-state index is -0.523. The Morgan fingerprint density at radius 2 is 1.86 bits per heavy atom. The van der Waals surface area contributed by atoms with Crippen molar-refractivity contribution in [2.45, 2.75) is 38.5 Å². The highest BCUT2D eigenvalue weighted by atomic mass is 35.5. The van der Waals surface area contributed by atoms with E-state index in [0.29, 0.717) is 38.8 Å². The molecule has 0 aromatic heterocycles. The van der Waals surface area contributed by atoms with Crippen LogP contribution in [-0.2, 0) is 9.59 Å². The summed E-state index contributed by atoms with van der Waals surface area (Å²) in [5, 5.41) is 1.87. The van der Waals surface area contributed by atoms with Crippen molar-refractivity contribution >= 4 is 34.3 Å². The van der Waals surface area contributed by atoms with Crippen LogP contribution in [-0.4, -0.2) is 11.9 Å². The van der Waals surface area contributed by atoms with Crippen LogP contribution in [0.25, 0.3) is 10.8 Å². The second-order valence-corrected chi connectivity index (χ2v) is 8.16. The molecule has 0 N–H and O–H groups in total. The first kappa shape index (κ1) is 18.8. The van der Waals surface area contributed by atoms with Crippen LogP contribution >= 0.6 is 11.6 Å². The molecule has 0 radical (unpaired) electrons. The fraction of sp³-hybridized carbons (Fsp3) is 0.304. The zero-order valence-corrected chi connectivity index (χ0v) is 16.6. The van der Waals surface area contributed by atoms with Crippen LogP contribution in [0.1, 0.15) is 49.7 Å². The lowest BCUT2D eigenvalue weighted by Gasteiger charge is -2.27. The topological polar surface area (TPSA) is 52.6 Å². The number of hydrogen-bond acceptors (Lipinski definition) is 4. The van der Waals surface area contributed by atoms with E-state index in [1.807, 2.05) is 0 Å². The Balaban J connectivity index is 2.05. The van der Waals surface area contributed by atoms with Crippen molar-refractivity contribution in [3.8, 4) is 11.5 Å². The summed E-state index contributed by atoms with van der Waals surface area (Å²) < 4.78 is 11.5. The third kappa shape index (κ3) is 2.83. The lowest BCUT2D eigenvalue weighted by atomic mass is 9.82. The summed E-state index contributed by atoms with van der Waals surface area (Å²) in [4.78, 5) is 24.4. The average Bonchev–Trinajstić information content (AvgIpc) is 3.21. The summed E-state index contributed by atoms with van der Waals surface area (Å²) in [7, 11) is 0. The molecule has 3 atom stereocenters. The van der Waals surface area contributed by atoms with Gasteiger partial charge in [0.2, 0.25) is 0 Å². The zero-order chi connectivity index (χ0) is 20.2. The third-order valence-corrected chi connectivity index (χ3v) is 6.06. The van der Waals surface area contributed by atoms with Crippen LogP contribution in [0.3, 0.4) is 0 Å². The van der Waals surface area contributed by atoms with E-state index >= 15 is 0 Å². The molecule has 4 nitrogen and oxygen atoms in total. The minimum Gasteiger partial charge on any atom is -0.422 e. The smallest absolute Gasteiger partial charge is 0.338 e. The highest BCUT2D eigenvalue weighted by molar-refractivity contribution is 6.31. The largest absolute Gasteiger partial charge is 0.422 e. The SMILES string of the molecule is C=CC(=O)Oc1c2c(c(OC(=O)C(=C)C)c3ccc(Cl)cc13)C1CC(C)C2C1. The van der Waals surface area contributed by atoms with Crippen LogP contribution in [0.5, 0.6) is 11.5 Å². The molecule has 1 saturated carbocycles. The van der Waals surface area contributed by atoms with Crippen molar-refractivity contribution in [3.63, 3.8) is 0 Å². The molecule has 28 heavy (non-hydrogen) atoms. The molecule has 0 amide bonds. The van der Waals surface area contributed by atoms with E-state index in [1.165, 1.54) is 0 Å². The van der Waals surface area contributed by atoms with E-state index in [2.05, 4.69) is 20.1 Å². The van der Waals surface area contributed by atoms with Gasteiger partial charge in [-0.25, -0.2) is 9.59 Å². The predicted octanol–water partition coefficient (Wildman–Crippen LogP) is 5.68. The molecule has 2 aliphatic carbocycles.